The molecule has 0 aliphatic carbocycles. The fourth-order valence-corrected chi connectivity index (χ4v) is 2.87. The van der Waals surface area contributed by atoms with Crippen LogP contribution in [0.4, 0.5) is 18.9 Å². The molecule has 1 aromatic carbocycles. The largest absolute Gasteiger partial charge is 0.474 e. The molecule has 0 bridgehead atoms. The number of nitrogens with one attached hydrogen (secondary N) is 1. The Morgan fingerprint density at radius 3 is 2.67 bits per heavy atom. The lowest BCUT2D eigenvalue weighted by molar-refractivity contribution is -0.0145. The maximum absolute atomic E-state index is 14.4. The van der Waals surface area contributed by atoms with Crippen LogP contribution in [-0.4, -0.2) is 47.5 Å². The van der Waals surface area contributed by atoms with E-state index in [2.05, 4.69) is 20.3 Å². The van der Waals surface area contributed by atoms with E-state index >= 15 is 0 Å². The summed E-state index contributed by atoms with van der Waals surface area (Å²) in [6, 6.07) is 3.27. The van der Waals surface area contributed by atoms with Crippen LogP contribution in [0.25, 0.3) is 0 Å². The molecule has 8 nitrogen and oxygen atoms in total. The number of amides is 1. The first kappa shape index (κ1) is 21.5. The van der Waals surface area contributed by atoms with Gasteiger partial charge in [0.1, 0.15) is 24.0 Å². The number of alkyl halides is 2. The standard InChI is InChI=1S/C19H20F3N5O3/c1-10(2)30-16-7-24-14(6-25-16)17(28)26-11-3-4-13(20)12(5-11)19(18(21)22)9-29-8-15(23)27-19/h3-7,10,18H,8-9H2,1-2H3,(H2,23,27)(H,26,28). The summed E-state index contributed by atoms with van der Waals surface area (Å²) in [6.07, 6.45) is -0.707. The molecule has 3 rings (SSSR count). The second kappa shape index (κ2) is 8.66. The molecule has 2 heterocycles. The second-order valence-electron chi connectivity index (χ2n) is 6.88. The van der Waals surface area contributed by atoms with E-state index in [0.717, 1.165) is 12.1 Å². The van der Waals surface area contributed by atoms with Gasteiger partial charge in [0.05, 0.1) is 25.1 Å². The van der Waals surface area contributed by atoms with E-state index in [1.807, 2.05) is 13.8 Å². The highest BCUT2D eigenvalue weighted by molar-refractivity contribution is 6.02. The summed E-state index contributed by atoms with van der Waals surface area (Å²) in [4.78, 5) is 24.1. The maximum atomic E-state index is 14.4. The van der Waals surface area contributed by atoms with Gasteiger partial charge in [-0.25, -0.2) is 23.1 Å². The maximum Gasteiger partial charge on any atom is 0.275 e. The zero-order chi connectivity index (χ0) is 21.9. The number of halogens is 3. The molecular formula is C19H20F3N5O3. The minimum Gasteiger partial charge on any atom is -0.474 e. The van der Waals surface area contributed by atoms with Gasteiger partial charge < -0.3 is 20.5 Å². The molecule has 0 fully saturated rings. The average molecular weight is 423 g/mol. The number of amidine groups is 1. The third-order valence-electron chi connectivity index (χ3n) is 4.18. The first-order valence-corrected chi connectivity index (χ1v) is 9.01. The summed E-state index contributed by atoms with van der Waals surface area (Å²) < 4.78 is 52.6. The van der Waals surface area contributed by atoms with Crippen molar-refractivity contribution >= 4 is 17.4 Å². The van der Waals surface area contributed by atoms with E-state index < -0.39 is 35.9 Å². The Kier molecular flexibility index (Phi) is 6.20. The van der Waals surface area contributed by atoms with Gasteiger partial charge in [-0.2, -0.15) is 0 Å². The first-order valence-electron chi connectivity index (χ1n) is 9.01. The van der Waals surface area contributed by atoms with Crippen LogP contribution in [0.5, 0.6) is 5.88 Å². The number of aliphatic imine (C=N–C) groups is 1. The minimum absolute atomic E-state index is 0.0381. The van der Waals surface area contributed by atoms with Gasteiger partial charge in [0.2, 0.25) is 5.88 Å². The lowest BCUT2D eigenvalue weighted by atomic mass is 9.90. The molecule has 2 aromatic rings. The quantitative estimate of drug-likeness (QED) is 0.739. The average Bonchev–Trinajstić information content (AvgIpc) is 2.69. The van der Waals surface area contributed by atoms with Crippen molar-refractivity contribution in [3.63, 3.8) is 0 Å². The van der Waals surface area contributed by atoms with E-state index in [-0.39, 0.29) is 35.8 Å². The Bertz CT molecular complexity index is 953. The molecule has 1 aliphatic rings. The van der Waals surface area contributed by atoms with Gasteiger partial charge in [0, 0.05) is 11.3 Å². The van der Waals surface area contributed by atoms with Crippen LogP contribution in [-0.2, 0) is 10.3 Å². The van der Waals surface area contributed by atoms with Crippen molar-refractivity contribution in [1.82, 2.24) is 9.97 Å². The highest BCUT2D eigenvalue weighted by Gasteiger charge is 2.46. The van der Waals surface area contributed by atoms with Crippen LogP contribution in [0.2, 0.25) is 0 Å². The molecule has 0 saturated carbocycles. The Hall–Kier alpha value is -3.21. The highest BCUT2D eigenvalue weighted by atomic mass is 19.3. The molecule has 1 amide bonds. The summed E-state index contributed by atoms with van der Waals surface area (Å²) in [5.41, 5.74) is 2.84. The van der Waals surface area contributed by atoms with Crippen molar-refractivity contribution in [3.8, 4) is 5.88 Å². The summed E-state index contributed by atoms with van der Waals surface area (Å²) in [6.45, 7) is 2.95. The van der Waals surface area contributed by atoms with E-state index in [4.69, 9.17) is 15.2 Å². The SMILES string of the molecule is CC(C)Oc1cnc(C(=O)Nc2ccc(F)c(C3(C(F)F)COCC(N)=N3)c2)cn1. The zero-order valence-electron chi connectivity index (χ0n) is 16.2. The summed E-state index contributed by atoms with van der Waals surface area (Å²) >= 11 is 0. The molecule has 160 valence electrons. The predicted octanol–water partition coefficient (Wildman–Crippen LogP) is 2.50. The van der Waals surface area contributed by atoms with Gasteiger partial charge in [-0.15, -0.1) is 0 Å². The van der Waals surface area contributed by atoms with Crippen molar-refractivity contribution < 1.29 is 27.4 Å². The fraction of sp³-hybridized carbons (Fsp3) is 0.368. The van der Waals surface area contributed by atoms with Crippen LogP contribution in [0.3, 0.4) is 0 Å². The van der Waals surface area contributed by atoms with Gasteiger partial charge in [0.15, 0.2) is 5.54 Å². The summed E-state index contributed by atoms with van der Waals surface area (Å²) in [5.74, 6) is -1.51. The van der Waals surface area contributed by atoms with Crippen LogP contribution in [0.1, 0.15) is 29.9 Å². The van der Waals surface area contributed by atoms with Crippen molar-refractivity contribution in [2.45, 2.75) is 31.9 Å². The summed E-state index contributed by atoms with van der Waals surface area (Å²) in [7, 11) is 0. The number of carbonyl (C=O) groups is 1. The molecule has 1 atom stereocenters. The first-order chi connectivity index (χ1) is 14.2. The van der Waals surface area contributed by atoms with Crippen molar-refractivity contribution in [1.29, 1.82) is 0 Å². The minimum atomic E-state index is -3.09. The van der Waals surface area contributed by atoms with Crippen LogP contribution >= 0.6 is 0 Å². The van der Waals surface area contributed by atoms with Gasteiger partial charge in [-0.05, 0) is 32.0 Å². The number of ether oxygens (including phenoxy) is 2. The molecule has 0 radical (unpaired) electrons. The van der Waals surface area contributed by atoms with Gasteiger partial charge in [-0.3, -0.25) is 9.79 Å². The predicted molar refractivity (Wildman–Crippen MR) is 102 cm³/mol. The normalized spacial score (nSPS) is 19.0. The topological polar surface area (TPSA) is 112 Å². The molecular weight excluding hydrogens is 403 g/mol. The Labute approximate surface area is 170 Å². The van der Waals surface area contributed by atoms with E-state index in [0.29, 0.717) is 0 Å². The Balaban J connectivity index is 1.86. The smallest absolute Gasteiger partial charge is 0.275 e. The van der Waals surface area contributed by atoms with E-state index in [1.54, 1.807) is 0 Å². The van der Waals surface area contributed by atoms with Crippen molar-refractivity contribution in [3.05, 3.63) is 47.7 Å². The van der Waals surface area contributed by atoms with Gasteiger partial charge in [0.25, 0.3) is 12.3 Å². The zero-order valence-corrected chi connectivity index (χ0v) is 16.2. The molecule has 1 aliphatic heterocycles. The number of hydrogen-bond donors (Lipinski definition) is 2. The Morgan fingerprint density at radius 1 is 1.30 bits per heavy atom. The molecule has 0 spiro atoms. The number of nitrogens with zero attached hydrogens (tertiary/aromatic N) is 3. The Morgan fingerprint density at radius 2 is 2.07 bits per heavy atom. The van der Waals surface area contributed by atoms with Crippen molar-refractivity contribution in [2.24, 2.45) is 10.7 Å². The number of benzene rings is 1. The van der Waals surface area contributed by atoms with Gasteiger partial charge >= 0.3 is 0 Å². The molecule has 30 heavy (non-hydrogen) atoms. The number of aromatic nitrogens is 2. The molecule has 11 heteroatoms. The third-order valence-corrected chi connectivity index (χ3v) is 4.18. The summed E-state index contributed by atoms with van der Waals surface area (Å²) in [5, 5.41) is 2.48. The number of nitrogens with two attached hydrogens (primary N) is 1. The lowest BCUT2D eigenvalue weighted by Crippen LogP contribution is -2.45. The van der Waals surface area contributed by atoms with Crippen molar-refractivity contribution in [2.75, 3.05) is 18.5 Å². The monoisotopic (exact) mass is 423 g/mol. The number of hydrogen-bond acceptors (Lipinski definition) is 7. The number of carbonyl (C=O) groups excluding carboxylic acids is 1. The van der Waals surface area contributed by atoms with Gasteiger partial charge in [-0.1, -0.05) is 0 Å². The van der Waals surface area contributed by atoms with E-state index in [9.17, 15) is 18.0 Å². The van der Waals surface area contributed by atoms with Crippen LogP contribution < -0.4 is 15.8 Å². The fourth-order valence-electron chi connectivity index (χ4n) is 2.87. The third kappa shape index (κ3) is 4.51. The number of rotatable bonds is 6. The molecule has 1 aromatic heterocycles. The van der Waals surface area contributed by atoms with Crippen LogP contribution in [0, 0.1) is 5.82 Å². The molecule has 3 N–H and O–H groups in total. The van der Waals surface area contributed by atoms with Crippen LogP contribution in [0.15, 0.2) is 35.6 Å². The number of anilines is 1. The molecule has 1 unspecified atom stereocenters. The lowest BCUT2D eigenvalue weighted by Gasteiger charge is -2.33. The second-order valence-corrected chi connectivity index (χ2v) is 6.88. The van der Waals surface area contributed by atoms with E-state index in [1.165, 1.54) is 18.5 Å². The molecule has 0 saturated heterocycles. The highest BCUT2D eigenvalue weighted by Crippen LogP contribution is 2.38.